The number of aromatic hydroxyl groups is 1. The fourth-order valence-electron chi connectivity index (χ4n) is 4.30. The summed E-state index contributed by atoms with van der Waals surface area (Å²) in [5.41, 5.74) is 3.07. The lowest BCUT2D eigenvalue weighted by Gasteiger charge is -2.32. The lowest BCUT2D eigenvalue weighted by atomic mass is 9.73. The molecule has 3 unspecified atom stereocenters. The molecule has 1 aromatic rings. The van der Waals surface area contributed by atoms with E-state index in [1.54, 1.807) is 26.8 Å². The molecule has 0 heterocycles. The number of hydrogen-bond donors (Lipinski definition) is 1. The highest BCUT2D eigenvalue weighted by Gasteiger charge is 2.33. The molecule has 0 spiro atoms. The monoisotopic (exact) mass is 506 g/mol. The molecular weight excluding hydrogens is 463 g/mol. The molecule has 0 fully saturated rings. The van der Waals surface area contributed by atoms with Crippen molar-refractivity contribution in [3.8, 4) is 11.5 Å². The van der Waals surface area contributed by atoms with E-state index in [4.69, 9.17) is 13.8 Å². The van der Waals surface area contributed by atoms with E-state index in [1.807, 2.05) is 13.0 Å². The Morgan fingerprint density at radius 3 is 2.54 bits per heavy atom. The van der Waals surface area contributed by atoms with Crippen LogP contribution < -0.4 is 4.52 Å². The molecule has 0 bridgehead atoms. The van der Waals surface area contributed by atoms with E-state index in [0.717, 1.165) is 49.7 Å². The number of phenolic OH excluding ortho intramolecular Hbond substituents is 1. The summed E-state index contributed by atoms with van der Waals surface area (Å²) in [7, 11) is -3.66. The normalized spacial score (nSPS) is 20.0. The first-order valence-corrected chi connectivity index (χ1v) is 14.5. The standard InChI is InChI=1S/C28H43O6P/c1-9-10-11-12-21-16-24(29)26(23-15-20(4)13-14-22(23)19(2)3)25(17-21)34-35(8,31)33-18-32-27(30)28(5,6)7/h15-17,22-23,29H,2,9-14,18H2,1,3-8H3. The van der Waals surface area contributed by atoms with Gasteiger partial charge in [0.1, 0.15) is 11.5 Å². The summed E-state index contributed by atoms with van der Waals surface area (Å²) in [5, 5.41) is 11.2. The third kappa shape index (κ3) is 8.54. The number of esters is 1. The van der Waals surface area contributed by atoms with E-state index in [2.05, 4.69) is 26.5 Å². The van der Waals surface area contributed by atoms with Crippen molar-refractivity contribution in [1.82, 2.24) is 0 Å². The van der Waals surface area contributed by atoms with Crippen LogP contribution in [0.4, 0.5) is 0 Å². The highest BCUT2D eigenvalue weighted by molar-refractivity contribution is 7.53. The van der Waals surface area contributed by atoms with Gasteiger partial charge < -0.3 is 14.4 Å². The minimum atomic E-state index is -3.66. The number of allylic oxidation sites excluding steroid dienone is 3. The fourth-order valence-corrected chi connectivity index (χ4v) is 5.11. The van der Waals surface area contributed by atoms with E-state index < -0.39 is 25.8 Å². The van der Waals surface area contributed by atoms with Gasteiger partial charge in [0, 0.05) is 11.5 Å². The van der Waals surface area contributed by atoms with Crippen molar-refractivity contribution in [3.05, 3.63) is 47.1 Å². The van der Waals surface area contributed by atoms with Gasteiger partial charge in [-0.05, 0) is 83.9 Å². The zero-order chi connectivity index (χ0) is 26.4. The number of carbonyl (C=O) groups is 1. The highest BCUT2D eigenvalue weighted by atomic mass is 31.2. The Balaban J connectivity index is 2.40. The molecular formula is C28H43O6P. The third-order valence-electron chi connectivity index (χ3n) is 6.32. The summed E-state index contributed by atoms with van der Waals surface area (Å²) in [6.07, 6.45) is 7.96. The van der Waals surface area contributed by atoms with E-state index >= 15 is 0 Å². The van der Waals surface area contributed by atoms with Gasteiger partial charge in [-0.25, -0.2) is 4.57 Å². The molecule has 35 heavy (non-hydrogen) atoms. The minimum Gasteiger partial charge on any atom is -0.507 e. The maximum atomic E-state index is 13.3. The molecule has 0 saturated heterocycles. The van der Waals surface area contributed by atoms with Crippen LogP contribution >= 0.6 is 7.60 Å². The number of aryl methyl sites for hydroxylation is 1. The van der Waals surface area contributed by atoms with Gasteiger partial charge in [0.05, 0.1) is 12.1 Å². The van der Waals surface area contributed by atoms with Crippen LogP contribution in [0.3, 0.4) is 0 Å². The van der Waals surface area contributed by atoms with Crippen molar-refractivity contribution in [2.75, 3.05) is 13.5 Å². The molecule has 7 heteroatoms. The molecule has 1 aliphatic rings. The molecule has 0 aliphatic heterocycles. The van der Waals surface area contributed by atoms with E-state index in [-0.39, 0.29) is 17.6 Å². The Morgan fingerprint density at radius 1 is 1.26 bits per heavy atom. The molecule has 2 rings (SSSR count). The van der Waals surface area contributed by atoms with Crippen molar-refractivity contribution in [2.45, 2.75) is 86.0 Å². The lowest BCUT2D eigenvalue weighted by Crippen LogP contribution is -2.24. The van der Waals surface area contributed by atoms with Crippen molar-refractivity contribution in [3.63, 3.8) is 0 Å². The summed E-state index contributed by atoms with van der Waals surface area (Å²) in [6.45, 7) is 16.5. The quantitative estimate of drug-likeness (QED) is 0.108. The first-order chi connectivity index (χ1) is 16.2. The molecule has 0 radical (unpaired) electrons. The van der Waals surface area contributed by atoms with E-state index in [9.17, 15) is 14.5 Å². The molecule has 1 aromatic carbocycles. The second-order valence-corrected chi connectivity index (χ2v) is 12.8. The molecule has 0 amide bonds. The van der Waals surface area contributed by atoms with Crippen LogP contribution in [-0.2, 0) is 25.0 Å². The van der Waals surface area contributed by atoms with Crippen molar-refractivity contribution < 1.29 is 28.3 Å². The van der Waals surface area contributed by atoms with Crippen molar-refractivity contribution in [2.24, 2.45) is 11.3 Å². The van der Waals surface area contributed by atoms with Crippen molar-refractivity contribution in [1.29, 1.82) is 0 Å². The zero-order valence-corrected chi connectivity index (χ0v) is 23.4. The maximum absolute atomic E-state index is 13.3. The number of hydrogen-bond acceptors (Lipinski definition) is 6. The minimum absolute atomic E-state index is 0.121. The molecule has 1 N–H and O–H groups in total. The van der Waals surface area contributed by atoms with Gasteiger partial charge >= 0.3 is 13.6 Å². The van der Waals surface area contributed by atoms with Crippen LogP contribution in [0.1, 0.15) is 90.7 Å². The fraction of sp³-hybridized carbons (Fsp3) is 0.607. The Labute approximate surface area is 211 Å². The van der Waals surface area contributed by atoms with Gasteiger partial charge in [0.15, 0.2) is 0 Å². The van der Waals surface area contributed by atoms with Crippen LogP contribution in [0.15, 0.2) is 35.9 Å². The summed E-state index contributed by atoms with van der Waals surface area (Å²) in [5.74, 6) is -0.0228. The SMILES string of the molecule is C=C(C)C1CCC(C)=CC1c1c(O)cc(CCCCC)cc1OP(C)(=O)OCOC(=O)C(C)(C)C. The molecule has 1 aliphatic carbocycles. The van der Waals surface area contributed by atoms with Gasteiger partial charge in [-0.15, -0.1) is 0 Å². The second-order valence-electron chi connectivity index (χ2n) is 10.8. The predicted octanol–water partition coefficient (Wildman–Crippen LogP) is 7.91. The molecule has 0 aromatic heterocycles. The summed E-state index contributed by atoms with van der Waals surface area (Å²) in [6, 6.07) is 3.65. The average molecular weight is 507 g/mol. The number of carbonyl (C=O) groups excluding carboxylic acids is 1. The summed E-state index contributed by atoms with van der Waals surface area (Å²) >= 11 is 0. The van der Waals surface area contributed by atoms with Crippen LogP contribution in [0.5, 0.6) is 11.5 Å². The van der Waals surface area contributed by atoms with Gasteiger partial charge in [-0.1, -0.05) is 43.6 Å². The average Bonchev–Trinajstić information content (AvgIpc) is 2.72. The van der Waals surface area contributed by atoms with Gasteiger partial charge in [-0.2, -0.15) is 0 Å². The number of benzene rings is 1. The van der Waals surface area contributed by atoms with Gasteiger partial charge in [-0.3, -0.25) is 9.32 Å². The first kappa shape index (κ1) is 29.2. The van der Waals surface area contributed by atoms with Crippen LogP contribution in [-0.4, -0.2) is 24.5 Å². The maximum Gasteiger partial charge on any atom is 0.379 e. The number of phenols is 1. The number of unbranched alkanes of at least 4 members (excludes halogenated alkanes) is 2. The Morgan fingerprint density at radius 2 is 1.94 bits per heavy atom. The van der Waals surface area contributed by atoms with Crippen LogP contribution in [0.2, 0.25) is 0 Å². The Kier molecular flexibility index (Phi) is 10.2. The van der Waals surface area contributed by atoms with Crippen LogP contribution in [0, 0.1) is 11.3 Å². The summed E-state index contributed by atoms with van der Waals surface area (Å²) in [4.78, 5) is 12.0. The smallest absolute Gasteiger partial charge is 0.379 e. The topological polar surface area (TPSA) is 82.1 Å². The van der Waals surface area contributed by atoms with E-state index in [1.165, 1.54) is 12.2 Å². The second kappa shape index (κ2) is 12.3. The molecule has 3 atom stereocenters. The van der Waals surface area contributed by atoms with E-state index in [0.29, 0.717) is 11.3 Å². The molecule has 0 saturated carbocycles. The summed E-state index contributed by atoms with van der Waals surface area (Å²) < 4.78 is 29.7. The van der Waals surface area contributed by atoms with Gasteiger partial charge in [0.25, 0.3) is 0 Å². The molecule has 6 nitrogen and oxygen atoms in total. The van der Waals surface area contributed by atoms with Crippen molar-refractivity contribution >= 4 is 13.6 Å². The highest BCUT2D eigenvalue weighted by Crippen LogP contribution is 2.52. The number of ether oxygens (including phenoxy) is 1. The van der Waals surface area contributed by atoms with Crippen LogP contribution in [0.25, 0.3) is 0 Å². The molecule has 196 valence electrons. The van der Waals surface area contributed by atoms with Gasteiger partial charge in [0.2, 0.25) is 6.79 Å². The Bertz CT molecular complexity index is 988. The number of rotatable bonds is 11. The Hall–Kier alpha value is -2.04. The predicted molar refractivity (Wildman–Crippen MR) is 141 cm³/mol. The lowest BCUT2D eigenvalue weighted by molar-refractivity contribution is -0.159. The zero-order valence-electron chi connectivity index (χ0n) is 22.5. The third-order valence-corrected chi connectivity index (χ3v) is 7.42. The first-order valence-electron chi connectivity index (χ1n) is 12.5. The largest absolute Gasteiger partial charge is 0.507 e.